The van der Waals surface area contributed by atoms with Crippen LogP contribution in [0.1, 0.15) is 40.0 Å². The van der Waals surface area contributed by atoms with Gasteiger partial charge in [0.15, 0.2) is 6.61 Å². The van der Waals surface area contributed by atoms with Crippen molar-refractivity contribution in [3.8, 4) is 0 Å². The van der Waals surface area contributed by atoms with E-state index in [0.29, 0.717) is 11.3 Å². The van der Waals surface area contributed by atoms with Gasteiger partial charge in [-0.15, -0.1) is 0 Å². The summed E-state index contributed by atoms with van der Waals surface area (Å²) >= 11 is 0. The standard InChI is InChI=1S/C25H26N2O5S/c1-17-8-7-11-21(14-17)27-33(30,31)22-13-12-18(2)23(15-22)25(29)32-16-24(28)26-19(3)20-9-5-4-6-10-20/h4-15,19,27H,16H2,1-3H3,(H,26,28)/t19-/m0/s1. The zero-order valence-corrected chi connectivity index (χ0v) is 19.5. The molecule has 3 aromatic rings. The van der Waals surface area contributed by atoms with E-state index < -0.39 is 28.5 Å². The van der Waals surface area contributed by atoms with Gasteiger partial charge < -0.3 is 10.1 Å². The minimum absolute atomic E-state index is 0.0750. The van der Waals surface area contributed by atoms with Gasteiger partial charge in [-0.3, -0.25) is 9.52 Å². The van der Waals surface area contributed by atoms with Crippen LogP contribution in [0.4, 0.5) is 5.69 Å². The predicted octanol–water partition coefficient (Wildman–Crippen LogP) is 4.14. The molecule has 0 spiro atoms. The molecule has 0 fully saturated rings. The van der Waals surface area contributed by atoms with Crippen LogP contribution in [0.15, 0.2) is 77.7 Å². The van der Waals surface area contributed by atoms with Crippen LogP contribution in [-0.4, -0.2) is 26.9 Å². The molecule has 3 rings (SSSR count). The lowest BCUT2D eigenvalue weighted by Crippen LogP contribution is -2.31. The van der Waals surface area contributed by atoms with Crippen molar-refractivity contribution in [2.45, 2.75) is 31.7 Å². The third-order valence-electron chi connectivity index (χ3n) is 5.02. The van der Waals surface area contributed by atoms with Crippen molar-refractivity contribution in [3.05, 3.63) is 95.1 Å². The average molecular weight is 467 g/mol. The van der Waals surface area contributed by atoms with Gasteiger partial charge in [-0.1, -0.05) is 48.5 Å². The number of aryl methyl sites for hydroxylation is 2. The molecule has 172 valence electrons. The van der Waals surface area contributed by atoms with Gasteiger partial charge in [0.05, 0.1) is 16.5 Å². The van der Waals surface area contributed by atoms with Crippen molar-refractivity contribution in [2.24, 2.45) is 0 Å². The first-order valence-electron chi connectivity index (χ1n) is 10.4. The number of hydrogen-bond acceptors (Lipinski definition) is 5. The van der Waals surface area contributed by atoms with E-state index in [1.807, 2.05) is 50.2 Å². The molecule has 33 heavy (non-hydrogen) atoms. The summed E-state index contributed by atoms with van der Waals surface area (Å²) in [6.45, 7) is 4.87. The summed E-state index contributed by atoms with van der Waals surface area (Å²) in [5, 5.41) is 2.76. The number of benzene rings is 3. The minimum Gasteiger partial charge on any atom is -0.452 e. The second kappa shape index (κ2) is 10.3. The van der Waals surface area contributed by atoms with Crippen LogP contribution in [0.5, 0.6) is 0 Å². The summed E-state index contributed by atoms with van der Waals surface area (Å²) in [7, 11) is -3.92. The number of carbonyl (C=O) groups is 2. The molecular formula is C25H26N2O5S. The third-order valence-corrected chi connectivity index (χ3v) is 6.40. The Morgan fingerprint density at radius 2 is 1.67 bits per heavy atom. The molecule has 7 nitrogen and oxygen atoms in total. The van der Waals surface area contributed by atoms with Crippen molar-refractivity contribution in [3.63, 3.8) is 0 Å². The number of amides is 1. The Bertz CT molecular complexity index is 1260. The molecule has 0 saturated carbocycles. The Morgan fingerprint density at radius 3 is 2.36 bits per heavy atom. The summed E-state index contributed by atoms with van der Waals surface area (Å²) in [5.74, 6) is -1.23. The molecule has 0 unspecified atom stereocenters. The highest BCUT2D eigenvalue weighted by Gasteiger charge is 2.20. The molecule has 0 aromatic heterocycles. The first-order valence-corrected chi connectivity index (χ1v) is 11.9. The van der Waals surface area contributed by atoms with E-state index in [-0.39, 0.29) is 16.5 Å². The predicted molar refractivity (Wildman–Crippen MR) is 126 cm³/mol. The van der Waals surface area contributed by atoms with Gasteiger partial charge in [0.25, 0.3) is 15.9 Å². The Morgan fingerprint density at radius 1 is 0.939 bits per heavy atom. The fourth-order valence-corrected chi connectivity index (χ4v) is 4.30. The van der Waals surface area contributed by atoms with Gasteiger partial charge in [0.2, 0.25) is 0 Å². The van der Waals surface area contributed by atoms with Crippen LogP contribution in [-0.2, 0) is 19.6 Å². The van der Waals surface area contributed by atoms with Crippen LogP contribution >= 0.6 is 0 Å². The van der Waals surface area contributed by atoms with Gasteiger partial charge in [0.1, 0.15) is 0 Å². The maximum Gasteiger partial charge on any atom is 0.338 e. The number of carbonyl (C=O) groups excluding carboxylic acids is 2. The van der Waals surface area contributed by atoms with E-state index in [4.69, 9.17) is 4.74 Å². The van der Waals surface area contributed by atoms with Crippen LogP contribution in [0.25, 0.3) is 0 Å². The number of anilines is 1. The zero-order chi connectivity index (χ0) is 24.0. The Hall–Kier alpha value is -3.65. The Balaban J connectivity index is 1.67. The van der Waals surface area contributed by atoms with E-state index in [0.717, 1.165) is 11.1 Å². The highest BCUT2D eigenvalue weighted by molar-refractivity contribution is 7.92. The van der Waals surface area contributed by atoms with Crippen molar-refractivity contribution in [1.29, 1.82) is 0 Å². The highest BCUT2D eigenvalue weighted by Crippen LogP contribution is 2.20. The summed E-state index contributed by atoms with van der Waals surface area (Å²) in [5.41, 5.74) is 2.86. The van der Waals surface area contributed by atoms with Gasteiger partial charge in [-0.2, -0.15) is 0 Å². The van der Waals surface area contributed by atoms with E-state index in [1.54, 1.807) is 25.1 Å². The fraction of sp³-hybridized carbons (Fsp3) is 0.200. The Kier molecular flexibility index (Phi) is 7.50. The van der Waals surface area contributed by atoms with Crippen LogP contribution in [0, 0.1) is 13.8 Å². The second-order valence-corrected chi connectivity index (χ2v) is 9.41. The molecule has 1 amide bonds. The molecule has 3 aromatic carbocycles. The van der Waals surface area contributed by atoms with Crippen LogP contribution in [0.3, 0.4) is 0 Å². The zero-order valence-electron chi connectivity index (χ0n) is 18.7. The number of nitrogens with one attached hydrogen (secondary N) is 2. The first kappa shape index (κ1) is 24.0. The molecule has 0 aliphatic heterocycles. The maximum atomic E-state index is 12.8. The van der Waals surface area contributed by atoms with Crippen molar-refractivity contribution < 1.29 is 22.7 Å². The summed E-state index contributed by atoms with van der Waals surface area (Å²) < 4.78 is 33.2. The SMILES string of the molecule is Cc1cccc(NS(=O)(=O)c2ccc(C)c(C(=O)OCC(=O)N[C@@H](C)c3ccccc3)c2)c1. The lowest BCUT2D eigenvalue weighted by Gasteiger charge is -2.15. The fourth-order valence-electron chi connectivity index (χ4n) is 3.23. The van der Waals surface area contributed by atoms with E-state index in [9.17, 15) is 18.0 Å². The van der Waals surface area contributed by atoms with Crippen molar-refractivity contribution in [2.75, 3.05) is 11.3 Å². The topological polar surface area (TPSA) is 102 Å². The lowest BCUT2D eigenvalue weighted by atomic mass is 10.1. The monoisotopic (exact) mass is 466 g/mol. The summed E-state index contributed by atoms with van der Waals surface area (Å²) in [6, 6.07) is 20.3. The van der Waals surface area contributed by atoms with Gasteiger partial charge in [0, 0.05) is 5.69 Å². The molecule has 8 heteroatoms. The normalized spacial score (nSPS) is 12.0. The summed E-state index contributed by atoms with van der Waals surface area (Å²) in [6.07, 6.45) is 0. The molecular weight excluding hydrogens is 440 g/mol. The molecule has 0 bridgehead atoms. The average Bonchev–Trinajstić information content (AvgIpc) is 2.78. The maximum absolute atomic E-state index is 12.8. The minimum atomic E-state index is -3.92. The van der Waals surface area contributed by atoms with Crippen LogP contribution < -0.4 is 10.0 Å². The second-order valence-electron chi connectivity index (χ2n) is 7.73. The molecule has 0 radical (unpaired) electrons. The highest BCUT2D eigenvalue weighted by atomic mass is 32.2. The number of hydrogen-bond donors (Lipinski definition) is 2. The van der Waals surface area contributed by atoms with Crippen molar-refractivity contribution >= 4 is 27.6 Å². The quantitative estimate of drug-likeness (QED) is 0.486. The lowest BCUT2D eigenvalue weighted by molar-refractivity contribution is -0.124. The molecule has 0 heterocycles. The molecule has 2 N–H and O–H groups in total. The summed E-state index contributed by atoms with van der Waals surface area (Å²) in [4.78, 5) is 24.7. The van der Waals surface area contributed by atoms with Crippen molar-refractivity contribution in [1.82, 2.24) is 5.32 Å². The third kappa shape index (κ3) is 6.43. The molecule has 0 saturated heterocycles. The first-order chi connectivity index (χ1) is 15.7. The Labute approximate surface area is 193 Å². The van der Waals surface area contributed by atoms with Gasteiger partial charge >= 0.3 is 5.97 Å². The number of esters is 1. The van der Waals surface area contributed by atoms with Gasteiger partial charge in [-0.25, -0.2) is 13.2 Å². The molecule has 1 atom stereocenters. The molecule has 0 aliphatic rings. The largest absolute Gasteiger partial charge is 0.452 e. The van der Waals surface area contributed by atoms with E-state index >= 15 is 0 Å². The number of rotatable bonds is 8. The molecule has 0 aliphatic carbocycles. The van der Waals surface area contributed by atoms with Gasteiger partial charge in [-0.05, 0) is 61.7 Å². The number of sulfonamides is 1. The van der Waals surface area contributed by atoms with Crippen LogP contribution in [0.2, 0.25) is 0 Å². The van der Waals surface area contributed by atoms with E-state index in [1.165, 1.54) is 18.2 Å². The number of ether oxygens (including phenoxy) is 1. The van der Waals surface area contributed by atoms with E-state index in [2.05, 4.69) is 10.0 Å². The smallest absolute Gasteiger partial charge is 0.338 e.